The molecule has 2 amide bonds. The second-order valence-electron chi connectivity index (χ2n) is 8.83. The van der Waals surface area contributed by atoms with Gasteiger partial charge in [-0.15, -0.1) is 10.2 Å². The molecule has 0 radical (unpaired) electrons. The second kappa shape index (κ2) is 9.15. The van der Waals surface area contributed by atoms with E-state index < -0.39 is 12.9 Å². The summed E-state index contributed by atoms with van der Waals surface area (Å²) >= 11 is 0. The van der Waals surface area contributed by atoms with Gasteiger partial charge in [0, 0.05) is 61.6 Å². The molecule has 0 saturated heterocycles. The highest BCUT2D eigenvalue weighted by Gasteiger charge is 2.35. The van der Waals surface area contributed by atoms with Crippen LogP contribution in [0.4, 0.5) is 23.0 Å². The summed E-state index contributed by atoms with van der Waals surface area (Å²) < 4.78 is 27.7. The molecule has 188 valence electrons. The Morgan fingerprint density at radius 2 is 2.06 bits per heavy atom. The van der Waals surface area contributed by atoms with Crippen LogP contribution in [0, 0.1) is 5.92 Å². The van der Waals surface area contributed by atoms with Gasteiger partial charge in [0.05, 0.1) is 24.0 Å². The van der Waals surface area contributed by atoms with E-state index in [2.05, 4.69) is 36.0 Å². The molecular weight excluding hydrogens is 464 g/mol. The van der Waals surface area contributed by atoms with E-state index in [1.165, 1.54) is 10.9 Å². The highest BCUT2D eigenvalue weighted by atomic mass is 16.5. The zero-order valence-corrected chi connectivity index (χ0v) is 20.3. The monoisotopic (exact) mass is 495 g/mol. The topological polar surface area (TPSA) is 152 Å². The van der Waals surface area contributed by atoms with Gasteiger partial charge in [-0.3, -0.25) is 9.59 Å². The molecule has 0 unspecified atom stereocenters. The lowest BCUT2D eigenvalue weighted by molar-refractivity contribution is -0.117. The molecule has 1 saturated carbocycles. The molecule has 1 aliphatic carbocycles. The van der Waals surface area contributed by atoms with Crippen molar-refractivity contribution in [2.24, 2.45) is 13.0 Å². The van der Waals surface area contributed by atoms with Crippen LogP contribution in [0.1, 0.15) is 51.7 Å². The highest BCUT2D eigenvalue weighted by Crippen LogP contribution is 2.47. The van der Waals surface area contributed by atoms with Crippen LogP contribution in [0.5, 0.6) is 0 Å². The van der Waals surface area contributed by atoms with Crippen molar-refractivity contribution in [1.29, 1.82) is 0 Å². The third-order valence-electron chi connectivity index (χ3n) is 6.31. The summed E-state index contributed by atoms with van der Waals surface area (Å²) in [4.78, 5) is 33.3. The van der Waals surface area contributed by atoms with Gasteiger partial charge >= 0.3 is 0 Å². The second-order valence-corrected chi connectivity index (χ2v) is 8.83. The van der Waals surface area contributed by atoms with Crippen LogP contribution in [0.2, 0.25) is 0 Å². The van der Waals surface area contributed by atoms with E-state index in [-0.39, 0.29) is 41.7 Å². The van der Waals surface area contributed by atoms with E-state index in [9.17, 15) is 9.59 Å². The van der Waals surface area contributed by atoms with Gasteiger partial charge in [0.2, 0.25) is 5.91 Å². The quantitative estimate of drug-likeness (QED) is 0.442. The van der Waals surface area contributed by atoms with Crippen molar-refractivity contribution in [1.82, 2.24) is 35.5 Å². The largest absolute Gasteiger partial charge is 0.380 e. The summed E-state index contributed by atoms with van der Waals surface area (Å²) in [7, 11) is 5.22. The molecule has 0 bridgehead atoms. The van der Waals surface area contributed by atoms with Crippen LogP contribution >= 0.6 is 0 Å². The minimum Gasteiger partial charge on any atom is -0.380 e. The summed E-state index contributed by atoms with van der Waals surface area (Å²) in [6.07, 6.45) is 3.23. The van der Waals surface area contributed by atoms with Crippen molar-refractivity contribution in [3.8, 4) is 11.3 Å². The molecule has 3 N–H and O–H groups in total. The molecule has 3 aromatic rings. The molecule has 0 spiro atoms. The van der Waals surface area contributed by atoms with Crippen molar-refractivity contribution < 1.29 is 18.4 Å². The van der Waals surface area contributed by atoms with Gasteiger partial charge in [-0.25, -0.2) is 4.98 Å². The predicted octanol–water partition coefficient (Wildman–Crippen LogP) is 1.78. The van der Waals surface area contributed by atoms with Crippen LogP contribution < -0.4 is 20.9 Å². The number of nitrogens with one attached hydrogen (secondary N) is 3. The smallest absolute Gasteiger partial charge is 0.273 e. The number of aryl methyl sites for hydroxylation is 1. The lowest BCUT2D eigenvalue weighted by Crippen LogP contribution is -2.28. The molecule has 1 fully saturated rings. The SMILES string of the molecule is [2H]C([2H])([2H])NC(=O)c1nnc(NC(=O)C2CC2)cc1Nc1ncc(COC)c2c1N(C)[C@@H](C)c1nn(C)nc1-2. The summed E-state index contributed by atoms with van der Waals surface area (Å²) in [5.41, 5.74) is 3.51. The maximum Gasteiger partial charge on any atom is 0.273 e. The fourth-order valence-electron chi connectivity index (χ4n) is 4.24. The lowest BCUT2D eigenvalue weighted by atomic mass is 9.95. The first kappa shape index (κ1) is 20.1. The van der Waals surface area contributed by atoms with E-state index in [0.29, 0.717) is 17.2 Å². The summed E-state index contributed by atoms with van der Waals surface area (Å²) in [6.45, 7) is -0.488. The highest BCUT2D eigenvalue weighted by molar-refractivity contribution is 6.00. The van der Waals surface area contributed by atoms with Crippen LogP contribution in [0.25, 0.3) is 11.3 Å². The first-order valence-electron chi connectivity index (χ1n) is 12.9. The number of methoxy groups -OCH3 is 1. The zero-order chi connectivity index (χ0) is 28.1. The Hall–Kier alpha value is -4.13. The Bertz CT molecular complexity index is 1450. The molecule has 5 rings (SSSR count). The first-order chi connectivity index (χ1) is 18.5. The number of carbonyl (C=O) groups is 2. The van der Waals surface area contributed by atoms with Gasteiger partial charge in [-0.2, -0.15) is 15.0 Å². The van der Waals surface area contributed by atoms with Gasteiger partial charge in [0.15, 0.2) is 17.3 Å². The molecule has 13 nitrogen and oxygen atoms in total. The van der Waals surface area contributed by atoms with Crippen molar-refractivity contribution >= 4 is 34.8 Å². The van der Waals surface area contributed by atoms with Crippen LogP contribution in [0.3, 0.4) is 0 Å². The number of rotatable bonds is 7. The average Bonchev–Trinajstić information content (AvgIpc) is 3.64. The standard InChI is InChI=1S/C23H28N10O3/c1-11-17-19(31-33(4)30-17)16-13(10-36-5)9-25-21(20(16)32(11)3)26-14-8-15(27-22(34)12-6-7-12)28-29-18(14)23(35)24-2/h8-9,11-12H,6-7,10H2,1-5H3,(H,24,35)(H2,25,26,27,28,34)/t11-/m0/s1/i2D3. The Morgan fingerprint density at radius 3 is 2.78 bits per heavy atom. The number of hydrogen-bond acceptors (Lipinski definition) is 10. The van der Waals surface area contributed by atoms with E-state index >= 15 is 0 Å². The molecule has 0 aromatic carbocycles. The number of anilines is 4. The Morgan fingerprint density at radius 1 is 1.25 bits per heavy atom. The lowest BCUT2D eigenvalue weighted by Gasteiger charge is -2.34. The molecule has 4 heterocycles. The first-order valence-corrected chi connectivity index (χ1v) is 11.4. The van der Waals surface area contributed by atoms with Gasteiger partial charge in [-0.1, -0.05) is 0 Å². The number of fused-ring (bicyclic) bond motifs is 3. The van der Waals surface area contributed by atoms with Gasteiger partial charge < -0.3 is 25.6 Å². The average molecular weight is 496 g/mol. The van der Waals surface area contributed by atoms with Gasteiger partial charge in [0.25, 0.3) is 5.91 Å². The number of amides is 2. The fraction of sp³-hybridized carbons (Fsp3) is 0.435. The number of pyridine rings is 1. The molecule has 1 atom stereocenters. The number of nitrogens with zero attached hydrogens (tertiary/aromatic N) is 7. The minimum atomic E-state index is -2.74. The van der Waals surface area contributed by atoms with Crippen molar-refractivity contribution in [3.63, 3.8) is 0 Å². The number of aromatic nitrogens is 6. The molecule has 36 heavy (non-hydrogen) atoms. The van der Waals surface area contributed by atoms with Gasteiger partial charge in [0.1, 0.15) is 11.4 Å². The summed E-state index contributed by atoms with van der Waals surface area (Å²) in [6, 6.07) is 1.27. The van der Waals surface area contributed by atoms with Crippen LogP contribution in [0.15, 0.2) is 12.3 Å². The fourth-order valence-corrected chi connectivity index (χ4v) is 4.24. The maximum absolute atomic E-state index is 12.9. The van der Waals surface area contributed by atoms with Crippen molar-refractivity contribution in [2.45, 2.75) is 32.4 Å². The van der Waals surface area contributed by atoms with E-state index in [1.54, 1.807) is 20.4 Å². The molecule has 2 aliphatic rings. The normalized spacial score (nSPS) is 17.8. The van der Waals surface area contributed by atoms with E-state index in [4.69, 9.17) is 8.85 Å². The van der Waals surface area contributed by atoms with Crippen molar-refractivity contribution in [3.05, 3.63) is 29.2 Å². The van der Waals surface area contributed by atoms with E-state index in [0.717, 1.165) is 29.7 Å². The number of ether oxygens (including phenoxy) is 1. The number of hydrogen-bond donors (Lipinski definition) is 3. The Balaban J connectivity index is 1.62. The molecule has 1 aliphatic heterocycles. The van der Waals surface area contributed by atoms with Gasteiger partial charge in [-0.05, 0) is 19.8 Å². The number of carbonyl (C=O) groups excluding carboxylic acids is 2. The summed E-state index contributed by atoms with van der Waals surface area (Å²) in [5.74, 6) is -0.778. The minimum absolute atomic E-state index is 0.0833. The third-order valence-corrected chi connectivity index (χ3v) is 6.31. The third kappa shape index (κ3) is 4.11. The Labute approximate surface area is 211 Å². The summed E-state index contributed by atoms with van der Waals surface area (Å²) in [5, 5.41) is 24.8. The Kier molecular flexibility index (Phi) is 5.11. The zero-order valence-electron chi connectivity index (χ0n) is 23.3. The van der Waals surface area contributed by atoms with E-state index in [1.807, 2.05) is 24.2 Å². The maximum atomic E-state index is 12.9. The van der Waals surface area contributed by atoms with Crippen LogP contribution in [-0.4, -0.2) is 63.1 Å². The molecular formula is C23H28N10O3. The molecule has 3 aromatic heterocycles. The van der Waals surface area contributed by atoms with Crippen LogP contribution in [-0.2, 0) is 23.2 Å². The molecule has 13 heteroatoms. The predicted molar refractivity (Wildman–Crippen MR) is 132 cm³/mol. The van der Waals surface area contributed by atoms with Crippen molar-refractivity contribution in [2.75, 3.05) is 36.7 Å².